The lowest BCUT2D eigenvalue weighted by Crippen LogP contribution is -2.29. The molecule has 102 valence electrons. The van der Waals surface area contributed by atoms with Crippen LogP contribution in [0.4, 0.5) is 0 Å². The summed E-state index contributed by atoms with van der Waals surface area (Å²) in [6, 6.07) is 14.8. The van der Waals surface area contributed by atoms with E-state index in [0.29, 0.717) is 0 Å². The fourth-order valence-electron chi connectivity index (χ4n) is 2.33. The lowest BCUT2D eigenvalue weighted by Gasteiger charge is -2.19. The average Bonchev–Trinajstić information content (AvgIpc) is 2.92. The minimum absolute atomic E-state index is 0.0123. The largest absolute Gasteiger partial charge is 0.271 e. The molecule has 20 heavy (non-hydrogen) atoms. The van der Waals surface area contributed by atoms with Crippen molar-refractivity contribution in [1.29, 1.82) is 0 Å². The summed E-state index contributed by atoms with van der Waals surface area (Å²) in [6.45, 7) is 0. The van der Waals surface area contributed by atoms with E-state index in [1.165, 1.54) is 24.8 Å². The summed E-state index contributed by atoms with van der Waals surface area (Å²) in [5.74, 6) is 5.85. The third-order valence-corrected chi connectivity index (χ3v) is 5.71. The van der Waals surface area contributed by atoms with Crippen molar-refractivity contribution < 1.29 is 0 Å². The predicted molar refractivity (Wildman–Crippen MR) is 97.9 cm³/mol. The summed E-state index contributed by atoms with van der Waals surface area (Å²) >= 11 is 7.64. The molecule has 0 radical (unpaired) electrons. The average molecular weight is 459 g/mol. The van der Waals surface area contributed by atoms with Crippen LogP contribution in [0.15, 0.2) is 52.3 Å². The van der Waals surface area contributed by atoms with Crippen LogP contribution in [0.2, 0.25) is 0 Å². The minimum Gasteiger partial charge on any atom is -0.271 e. The molecule has 0 saturated heterocycles. The van der Waals surface area contributed by atoms with Gasteiger partial charge < -0.3 is 0 Å². The van der Waals surface area contributed by atoms with Crippen LogP contribution in [0.1, 0.15) is 17.2 Å². The maximum absolute atomic E-state index is 5.85. The third-order valence-electron chi connectivity index (χ3n) is 3.26. The Bertz CT molecular complexity index is 756. The van der Waals surface area contributed by atoms with Crippen molar-refractivity contribution in [3.63, 3.8) is 0 Å². The van der Waals surface area contributed by atoms with Gasteiger partial charge in [0.05, 0.1) is 6.04 Å². The zero-order valence-corrected chi connectivity index (χ0v) is 15.0. The smallest absolute Gasteiger partial charge is 0.0734 e. The Morgan fingerprint density at radius 1 is 1.15 bits per heavy atom. The molecule has 1 unspecified atom stereocenters. The number of fused-ring (bicyclic) bond motifs is 1. The fraction of sp³-hybridized carbons (Fsp3) is 0.0667. The van der Waals surface area contributed by atoms with Gasteiger partial charge in [0.15, 0.2) is 0 Å². The summed E-state index contributed by atoms with van der Waals surface area (Å²) in [6.07, 6.45) is 0. The van der Waals surface area contributed by atoms with Gasteiger partial charge in [0, 0.05) is 12.7 Å². The summed E-state index contributed by atoms with van der Waals surface area (Å²) in [5, 5.41) is 3.38. The highest BCUT2D eigenvalue weighted by Gasteiger charge is 2.18. The monoisotopic (exact) mass is 458 g/mol. The van der Waals surface area contributed by atoms with E-state index in [-0.39, 0.29) is 6.04 Å². The molecule has 0 aliphatic heterocycles. The van der Waals surface area contributed by atoms with E-state index in [0.717, 1.165) is 4.47 Å². The first-order chi connectivity index (χ1) is 9.70. The highest BCUT2D eigenvalue weighted by Crippen LogP contribution is 2.34. The number of benzene rings is 2. The lowest BCUT2D eigenvalue weighted by atomic mass is 9.98. The SMILES string of the molecule is NNC(c1cc(Br)ccc1I)c1cccc2ccsc12. The van der Waals surface area contributed by atoms with Crippen LogP contribution in [-0.2, 0) is 0 Å². The van der Waals surface area contributed by atoms with Gasteiger partial charge in [0.25, 0.3) is 0 Å². The topological polar surface area (TPSA) is 38.0 Å². The second-order valence-corrected chi connectivity index (χ2v) is 7.45. The molecule has 3 rings (SSSR count). The van der Waals surface area contributed by atoms with Crippen molar-refractivity contribution in [2.75, 3.05) is 0 Å². The van der Waals surface area contributed by atoms with Crippen molar-refractivity contribution >= 4 is 59.9 Å². The predicted octanol–water partition coefficient (Wildman–Crippen LogP) is 4.82. The Morgan fingerprint density at radius 3 is 2.80 bits per heavy atom. The van der Waals surface area contributed by atoms with Gasteiger partial charge in [-0.2, -0.15) is 0 Å². The van der Waals surface area contributed by atoms with E-state index < -0.39 is 0 Å². The Balaban J connectivity index is 2.19. The molecule has 0 amide bonds. The van der Waals surface area contributed by atoms with E-state index in [2.05, 4.69) is 85.7 Å². The lowest BCUT2D eigenvalue weighted by molar-refractivity contribution is 0.638. The zero-order valence-electron chi connectivity index (χ0n) is 10.4. The summed E-state index contributed by atoms with van der Waals surface area (Å²) < 4.78 is 3.54. The van der Waals surface area contributed by atoms with Gasteiger partial charge in [-0.15, -0.1) is 11.3 Å². The first-order valence-corrected chi connectivity index (χ1v) is 8.83. The van der Waals surface area contributed by atoms with Gasteiger partial charge in [0.1, 0.15) is 0 Å². The van der Waals surface area contributed by atoms with Crippen LogP contribution in [0.3, 0.4) is 0 Å². The molecule has 0 spiro atoms. The van der Waals surface area contributed by atoms with E-state index in [1.54, 1.807) is 11.3 Å². The van der Waals surface area contributed by atoms with E-state index in [1.807, 2.05) is 6.07 Å². The Morgan fingerprint density at radius 2 is 2.00 bits per heavy atom. The van der Waals surface area contributed by atoms with Gasteiger partial charge in [-0.25, -0.2) is 5.43 Å². The number of hydrogen-bond donors (Lipinski definition) is 2. The molecular formula is C15H12BrIN2S. The number of nitrogens with one attached hydrogen (secondary N) is 1. The number of hydrogen-bond acceptors (Lipinski definition) is 3. The molecular weight excluding hydrogens is 447 g/mol. The van der Waals surface area contributed by atoms with Gasteiger partial charge >= 0.3 is 0 Å². The van der Waals surface area contributed by atoms with Crippen molar-refractivity contribution in [3.8, 4) is 0 Å². The Kier molecular flexibility index (Phi) is 4.42. The molecule has 0 aliphatic rings. The molecule has 2 nitrogen and oxygen atoms in total. The molecule has 2 aromatic carbocycles. The number of hydrazine groups is 1. The maximum atomic E-state index is 5.85. The van der Waals surface area contributed by atoms with E-state index in [9.17, 15) is 0 Å². The molecule has 3 N–H and O–H groups in total. The standard InChI is InChI=1S/C15H12BrIN2S/c16-10-4-5-13(17)12(8-10)14(19-18)11-3-1-2-9-6-7-20-15(9)11/h1-8,14,19H,18H2. The van der Waals surface area contributed by atoms with Crippen LogP contribution in [0.25, 0.3) is 10.1 Å². The Labute approximate surface area is 143 Å². The van der Waals surface area contributed by atoms with Crippen LogP contribution in [-0.4, -0.2) is 0 Å². The van der Waals surface area contributed by atoms with Crippen molar-refractivity contribution in [1.82, 2.24) is 5.43 Å². The van der Waals surface area contributed by atoms with Gasteiger partial charge in [-0.1, -0.05) is 34.1 Å². The van der Waals surface area contributed by atoms with E-state index >= 15 is 0 Å². The number of thiophene rings is 1. The minimum atomic E-state index is -0.0123. The number of nitrogens with two attached hydrogens (primary N) is 1. The van der Waals surface area contributed by atoms with Gasteiger partial charge in [-0.3, -0.25) is 5.84 Å². The zero-order chi connectivity index (χ0) is 14.1. The van der Waals surface area contributed by atoms with Crippen molar-refractivity contribution in [3.05, 3.63) is 67.0 Å². The van der Waals surface area contributed by atoms with Crippen LogP contribution in [0.5, 0.6) is 0 Å². The fourth-order valence-corrected chi connectivity index (χ4v) is 4.30. The second-order valence-electron chi connectivity index (χ2n) is 4.45. The Hall–Kier alpha value is -0.470. The second kappa shape index (κ2) is 6.11. The molecule has 1 atom stereocenters. The van der Waals surface area contributed by atoms with Crippen LogP contribution in [0, 0.1) is 3.57 Å². The molecule has 0 bridgehead atoms. The van der Waals surface area contributed by atoms with Crippen molar-refractivity contribution in [2.45, 2.75) is 6.04 Å². The van der Waals surface area contributed by atoms with Crippen LogP contribution >= 0.6 is 49.9 Å². The van der Waals surface area contributed by atoms with Crippen LogP contribution < -0.4 is 11.3 Å². The normalized spacial score (nSPS) is 12.8. The molecule has 0 aliphatic carbocycles. The molecule has 0 fully saturated rings. The third kappa shape index (κ3) is 2.65. The number of halogens is 2. The van der Waals surface area contributed by atoms with E-state index in [4.69, 9.17) is 5.84 Å². The molecule has 1 heterocycles. The molecule has 3 aromatic rings. The van der Waals surface area contributed by atoms with Crippen molar-refractivity contribution in [2.24, 2.45) is 5.84 Å². The van der Waals surface area contributed by atoms with Gasteiger partial charge in [0.2, 0.25) is 0 Å². The first-order valence-electron chi connectivity index (χ1n) is 6.08. The first kappa shape index (κ1) is 14.5. The summed E-state index contributed by atoms with van der Waals surface area (Å²) in [5.41, 5.74) is 5.37. The summed E-state index contributed by atoms with van der Waals surface area (Å²) in [4.78, 5) is 0. The highest BCUT2D eigenvalue weighted by atomic mass is 127. The van der Waals surface area contributed by atoms with Gasteiger partial charge in [-0.05, 0) is 68.7 Å². The highest BCUT2D eigenvalue weighted by molar-refractivity contribution is 14.1. The number of rotatable bonds is 3. The quantitative estimate of drug-likeness (QED) is 0.335. The molecule has 0 saturated carbocycles. The molecule has 1 aromatic heterocycles. The summed E-state index contributed by atoms with van der Waals surface area (Å²) in [7, 11) is 0. The maximum Gasteiger partial charge on any atom is 0.0734 e. The molecule has 5 heteroatoms.